The summed E-state index contributed by atoms with van der Waals surface area (Å²) in [6, 6.07) is 2.41. The van der Waals surface area contributed by atoms with E-state index in [4.69, 9.17) is 0 Å². The van der Waals surface area contributed by atoms with Gasteiger partial charge in [0.15, 0.2) is 0 Å². The molecule has 1 N–H and O–H groups in total. The minimum atomic E-state index is -0.0111. The van der Waals surface area contributed by atoms with Crippen LogP contribution in [0, 0.1) is 0 Å². The number of aromatic nitrogens is 2. The number of hydrogen-bond donors (Lipinski definition) is 1. The lowest BCUT2D eigenvalue weighted by atomic mass is 9.93. The van der Waals surface area contributed by atoms with E-state index in [0.29, 0.717) is 25.0 Å². The van der Waals surface area contributed by atoms with E-state index in [0.717, 1.165) is 38.0 Å². The summed E-state index contributed by atoms with van der Waals surface area (Å²) in [5, 5.41) is 8.01. The first-order valence-corrected chi connectivity index (χ1v) is 10.5. The van der Waals surface area contributed by atoms with Gasteiger partial charge in [-0.2, -0.15) is 5.10 Å². The zero-order valence-electron chi connectivity index (χ0n) is 16.1. The molecule has 2 saturated heterocycles. The summed E-state index contributed by atoms with van der Waals surface area (Å²) in [6.07, 6.45) is 10.2. The molecular formula is C20H31N5O2. The van der Waals surface area contributed by atoms with E-state index in [1.807, 2.05) is 17.2 Å². The molecule has 0 radical (unpaired) electrons. The Balaban J connectivity index is 1.30. The van der Waals surface area contributed by atoms with Crippen molar-refractivity contribution in [2.75, 3.05) is 32.7 Å². The van der Waals surface area contributed by atoms with Crippen LogP contribution in [0.2, 0.25) is 0 Å². The first kappa shape index (κ1) is 18.5. The SMILES string of the molecule is O=C(Cn1ccc(C2CCCNC2)n1)N1CCN(C2CCCCC2)C(=O)C1. The lowest BCUT2D eigenvalue weighted by molar-refractivity contribution is -0.148. The largest absolute Gasteiger partial charge is 0.336 e. The minimum absolute atomic E-state index is 0.0111. The van der Waals surface area contributed by atoms with E-state index in [2.05, 4.69) is 10.4 Å². The van der Waals surface area contributed by atoms with E-state index >= 15 is 0 Å². The van der Waals surface area contributed by atoms with Gasteiger partial charge in [-0.1, -0.05) is 19.3 Å². The molecule has 3 heterocycles. The van der Waals surface area contributed by atoms with Crippen LogP contribution in [0.1, 0.15) is 56.6 Å². The Morgan fingerprint density at radius 3 is 2.74 bits per heavy atom. The summed E-state index contributed by atoms with van der Waals surface area (Å²) in [4.78, 5) is 29.0. The van der Waals surface area contributed by atoms with Crippen molar-refractivity contribution in [2.45, 2.75) is 63.5 Å². The monoisotopic (exact) mass is 373 g/mol. The first-order chi connectivity index (χ1) is 13.2. The Morgan fingerprint density at radius 2 is 2.00 bits per heavy atom. The molecule has 3 fully saturated rings. The Kier molecular flexibility index (Phi) is 5.76. The number of piperidine rings is 1. The Bertz CT molecular complexity index is 661. The van der Waals surface area contributed by atoms with E-state index in [-0.39, 0.29) is 24.9 Å². The molecule has 1 aromatic heterocycles. The molecule has 1 aliphatic carbocycles. The molecule has 0 aromatic carbocycles. The van der Waals surface area contributed by atoms with Crippen molar-refractivity contribution in [1.82, 2.24) is 24.9 Å². The second-order valence-corrected chi connectivity index (χ2v) is 8.18. The van der Waals surface area contributed by atoms with Gasteiger partial charge in [0.1, 0.15) is 6.54 Å². The molecule has 27 heavy (non-hydrogen) atoms. The quantitative estimate of drug-likeness (QED) is 0.865. The molecule has 7 heteroatoms. The highest BCUT2D eigenvalue weighted by Crippen LogP contribution is 2.24. The third kappa shape index (κ3) is 4.34. The zero-order chi connectivity index (χ0) is 18.6. The van der Waals surface area contributed by atoms with Gasteiger partial charge in [-0.3, -0.25) is 14.3 Å². The van der Waals surface area contributed by atoms with Crippen molar-refractivity contribution in [3.63, 3.8) is 0 Å². The van der Waals surface area contributed by atoms with Gasteiger partial charge in [0, 0.05) is 37.8 Å². The first-order valence-electron chi connectivity index (χ1n) is 10.5. The maximum absolute atomic E-state index is 12.7. The van der Waals surface area contributed by atoms with E-state index in [1.54, 1.807) is 9.58 Å². The third-order valence-corrected chi connectivity index (χ3v) is 6.30. The molecule has 7 nitrogen and oxygen atoms in total. The Morgan fingerprint density at radius 1 is 1.15 bits per heavy atom. The van der Waals surface area contributed by atoms with Gasteiger partial charge in [0.25, 0.3) is 0 Å². The van der Waals surface area contributed by atoms with Crippen molar-refractivity contribution in [2.24, 2.45) is 0 Å². The average molecular weight is 374 g/mol. The fourth-order valence-electron chi connectivity index (χ4n) is 4.70. The van der Waals surface area contributed by atoms with Crippen molar-refractivity contribution in [3.05, 3.63) is 18.0 Å². The number of nitrogens with one attached hydrogen (secondary N) is 1. The summed E-state index contributed by atoms with van der Waals surface area (Å²) < 4.78 is 1.73. The Labute approximate surface area is 161 Å². The summed E-state index contributed by atoms with van der Waals surface area (Å²) >= 11 is 0. The number of piperazine rings is 1. The molecule has 0 spiro atoms. The van der Waals surface area contributed by atoms with E-state index in [9.17, 15) is 9.59 Å². The van der Waals surface area contributed by atoms with Crippen molar-refractivity contribution >= 4 is 11.8 Å². The molecule has 1 atom stereocenters. The number of rotatable bonds is 4. The molecule has 0 bridgehead atoms. The molecule has 1 unspecified atom stereocenters. The highest BCUT2D eigenvalue weighted by Gasteiger charge is 2.32. The number of nitrogens with zero attached hydrogens (tertiary/aromatic N) is 4. The van der Waals surface area contributed by atoms with Crippen LogP contribution < -0.4 is 5.32 Å². The van der Waals surface area contributed by atoms with Crippen LogP contribution in [0.15, 0.2) is 12.3 Å². The van der Waals surface area contributed by atoms with Crippen LogP contribution in [0.3, 0.4) is 0 Å². The van der Waals surface area contributed by atoms with Gasteiger partial charge in [-0.05, 0) is 38.3 Å². The number of hydrogen-bond acceptors (Lipinski definition) is 4. The molecule has 4 rings (SSSR count). The van der Waals surface area contributed by atoms with Gasteiger partial charge >= 0.3 is 0 Å². The lowest BCUT2D eigenvalue weighted by Gasteiger charge is -2.40. The molecule has 2 aliphatic heterocycles. The van der Waals surface area contributed by atoms with Gasteiger partial charge in [0.2, 0.25) is 11.8 Å². The highest BCUT2D eigenvalue weighted by atomic mass is 16.2. The van der Waals surface area contributed by atoms with Crippen LogP contribution in [0.5, 0.6) is 0 Å². The third-order valence-electron chi connectivity index (χ3n) is 6.30. The topological polar surface area (TPSA) is 70.5 Å². The maximum atomic E-state index is 12.7. The van der Waals surface area contributed by atoms with Crippen LogP contribution in [0.4, 0.5) is 0 Å². The van der Waals surface area contributed by atoms with Crippen molar-refractivity contribution < 1.29 is 9.59 Å². The van der Waals surface area contributed by atoms with Crippen molar-refractivity contribution in [3.8, 4) is 0 Å². The fourth-order valence-corrected chi connectivity index (χ4v) is 4.70. The summed E-state index contributed by atoms with van der Waals surface area (Å²) in [5.41, 5.74) is 1.06. The highest BCUT2D eigenvalue weighted by molar-refractivity contribution is 5.86. The minimum Gasteiger partial charge on any atom is -0.336 e. The standard InChI is InChI=1S/C20H31N5O2/c26-19(15-24-10-8-18(22-24)16-5-4-9-21-13-16)23-11-12-25(20(27)14-23)17-6-2-1-3-7-17/h8,10,16-17,21H,1-7,9,11-15H2. The Hall–Kier alpha value is -1.89. The average Bonchev–Trinajstić information content (AvgIpc) is 3.18. The molecule has 2 amide bonds. The van der Waals surface area contributed by atoms with Crippen LogP contribution in [-0.4, -0.2) is 70.2 Å². The van der Waals surface area contributed by atoms with Gasteiger partial charge in [0.05, 0.1) is 12.2 Å². The second kappa shape index (κ2) is 8.42. The number of carbonyl (C=O) groups is 2. The fraction of sp³-hybridized carbons (Fsp3) is 0.750. The van der Waals surface area contributed by atoms with Gasteiger partial charge in [-0.25, -0.2) is 0 Å². The zero-order valence-corrected chi connectivity index (χ0v) is 16.1. The predicted molar refractivity (Wildman–Crippen MR) is 102 cm³/mol. The summed E-state index contributed by atoms with van der Waals surface area (Å²) in [6.45, 7) is 3.79. The predicted octanol–water partition coefficient (Wildman–Crippen LogP) is 1.35. The maximum Gasteiger partial charge on any atom is 0.244 e. The molecule has 3 aliphatic rings. The summed E-state index contributed by atoms with van der Waals surface area (Å²) in [7, 11) is 0. The van der Waals surface area contributed by atoms with E-state index < -0.39 is 0 Å². The normalized spacial score (nSPS) is 25.0. The molecule has 148 valence electrons. The smallest absolute Gasteiger partial charge is 0.244 e. The second-order valence-electron chi connectivity index (χ2n) is 8.18. The molecule has 1 aromatic rings. The number of amides is 2. The van der Waals surface area contributed by atoms with Crippen molar-refractivity contribution in [1.29, 1.82) is 0 Å². The van der Waals surface area contributed by atoms with Crippen LogP contribution in [-0.2, 0) is 16.1 Å². The van der Waals surface area contributed by atoms with Gasteiger partial charge < -0.3 is 15.1 Å². The summed E-state index contributed by atoms with van der Waals surface area (Å²) in [5.74, 6) is 0.537. The molecule has 1 saturated carbocycles. The molecular weight excluding hydrogens is 342 g/mol. The van der Waals surface area contributed by atoms with Crippen LogP contribution in [0.25, 0.3) is 0 Å². The van der Waals surface area contributed by atoms with Crippen LogP contribution >= 0.6 is 0 Å². The number of carbonyl (C=O) groups excluding carboxylic acids is 2. The van der Waals surface area contributed by atoms with E-state index in [1.165, 1.54) is 25.7 Å². The lowest BCUT2D eigenvalue weighted by Crippen LogP contribution is -2.56. The van der Waals surface area contributed by atoms with Gasteiger partial charge in [-0.15, -0.1) is 0 Å².